The predicted octanol–water partition coefficient (Wildman–Crippen LogP) is 3.84. The molecule has 1 aromatic rings. The number of rotatable bonds is 1. The van der Waals surface area contributed by atoms with Gasteiger partial charge in [-0.3, -0.25) is 0 Å². The van der Waals surface area contributed by atoms with Gasteiger partial charge in [0.25, 0.3) is 0 Å². The van der Waals surface area contributed by atoms with Crippen molar-refractivity contribution >= 4 is 15.9 Å². The van der Waals surface area contributed by atoms with Gasteiger partial charge in [0.05, 0.1) is 11.6 Å². The molecule has 3 rings (SSSR count). The molecule has 0 aromatic heterocycles. The van der Waals surface area contributed by atoms with E-state index >= 15 is 0 Å². The first-order chi connectivity index (χ1) is 8.75. The molecule has 0 amide bonds. The SMILES string of the molecule is COc1cc2c(cc1Br)CCCC21CCOCC1. The lowest BCUT2D eigenvalue weighted by atomic mass is 9.66. The summed E-state index contributed by atoms with van der Waals surface area (Å²) in [6.07, 6.45) is 6.11. The van der Waals surface area contributed by atoms with Crippen LogP contribution in [0.5, 0.6) is 5.75 Å². The second kappa shape index (κ2) is 4.86. The van der Waals surface area contributed by atoms with Crippen molar-refractivity contribution < 1.29 is 9.47 Å². The first-order valence-electron chi connectivity index (χ1n) is 6.70. The second-order valence-electron chi connectivity index (χ2n) is 5.39. The summed E-state index contributed by atoms with van der Waals surface area (Å²) in [5, 5.41) is 0. The highest BCUT2D eigenvalue weighted by Gasteiger charge is 2.38. The van der Waals surface area contributed by atoms with E-state index in [0.29, 0.717) is 5.41 Å². The first-order valence-corrected chi connectivity index (χ1v) is 7.49. The van der Waals surface area contributed by atoms with Crippen molar-refractivity contribution in [2.75, 3.05) is 20.3 Å². The van der Waals surface area contributed by atoms with Gasteiger partial charge in [-0.25, -0.2) is 0 Å². The molecule has 18 heavy (non-hydrogen) atoms. The zero-order valence-corrected chi connectivity index (χ0v) is 12.4. The fourth-order valence-electron chi connectivity index (χ4n) is 3.48. The van der Waals surface area contributed by atoms with E-state index in [-0.39, 0.29) is 0 Å². The molecule has 0 radical (unpaired) electrons. The molecule has 0 bridgehead atoms. The van der Waals surface area contributed by atoms with Crippen molar-refractivity contribution in [3.05, 3.63) is 27.7 Å². The number of aryl methyl sites for hydroxylation is 1. The molecule has 98 valence electrons. The van der Waals surface area contributed by atoms with Crippen LogP contribution in [0.15, 0.2) is 16.6 Å². The lowest BCUT2D eigenvalue weighted by molar-refractivity contribution is 0.0435. The molecular formula is C15H19BrO2. The molecular weight excluding hydrogens is 292 g/mol. The van der Waals surface area contributed by atoms with Crippen molar-refractivity contribution in [3.63, 3.8) is 0 Å². The van der Waals surface area contributed by atoms with Crippen LogP contribution in [0.4, 0.5) is 0 Å². The molecule has 1 fully saturated rings. The van der Waals surface area contributed by atoms with E-state index in [0.717, 1.165) is 36.3 Å². The van der Waals surface area contributed by atoms with Gasteiger partial charge in [-0.05, 0) is 71.3 Å². The van der Waals surface area contributed by atoms with Crippen LogP contribution in [-0.2, 0) is 16.6 Å². The van der Waals surface area contributed by atoms with Gasteiger partial charge in [-0.2, -0.15) is 0 Å². The maximum atomic E-state index is 5.55. The third kappa shape index (κ3) is 1.97. The standard InChI is InChI=1S/C15H19BrO2/c1-17-14-10-12-11(9-13(14)16)3-2-4-15(12)5-7-18-8-6-15/h9-10H,2-8H2,1H3. The Bertz CT molecular complexity index is 450. The van der Waals surface area contributed by atoms with E-state index in [1.807, 2.05) is 0 Å². The predicted molar refractivity (Wildman–Crippen MR) is 75.4 cm³/mol. The Morgan fingerprint density at radius 1 is 1.22 bits per heavy atom. The number of fused-ring (bicyclic) bond motifs is 2. The highest BCUT2D eigenvalue weighted by Crippen LogP contribution is 2.46. The Labute approximate surface area is 117 Å². The number of benzene rings is 1. The summed E-state index contributed by atoms with van der Waals surface area (Å²) in [4.78, 5) is 0. The Morgan fingerprint density at radius 2 is 2.00 bits per heavy atom. The Kier molecular flexibility index (Phi) is 3.37. The number of halogens is 1. The van der Waals surface area contributed by atoms with Crippen molar-refractivity contribution in [2.24, 2.45) is 0 Å². The normalized spacial score (nSPS) is 21.7. The summed E-state index contributed by atoms with van der Waals surface area (Å²) < 4.78 is 12.1. The highest BCUT2D eigenvalue weighted by molar-refractivity contribution is 9.10. The van der Waals surface area contributed by atoms with Gasteiger partial charge in [-0.1, -0.05) is 0 Å². The first kappa shape index (κ1) is 12.5. The molecule has 1 aromatic carbocycles. The molecule has 1 saturated heterocycles. The third-order valence-electron chi connectivity index (χ3n) is 4.50. The average molecular weight is 311 g/mol. The summed E-state index contributed by atoms with van der Waals surface area (Å²) in [6, 6.07) is 4.51. The molecule has 3 heteroatoms. The van der Waals surface area contributed by atoms with E-state index in [1.54, 1.807) is 7.11 Å². The zero-order chi connectivity index (χ0) is 12.6. The number of ether oxygens (including phenoxy) is 2. The summed E-state index contributed by atoms with van der Waals surface area (Å²) in [7, 11) is 1.74. The summed E-state index contributed by atoms with van der Waals surface area (Å²) in [5.41, 5.74) is 3.35. The molecule has 2 aliphatic rings. The lowest BCUT2D eigenvalue weighted by Crippen LogP contribution is -2.37. The Morgan fingerprint density at radius 3 is 2.72 bits per heavy atom. The number of hydrogen-bond acceptors (Lipinski definition) is 2. The zero-order valence-electron chi connectivity index (χ0n) is 10.8. The number of methoxy groups -OCH3 is 1. The minimum Gasteiger partial charge on any atom is -0.496 e. The fourth-order valence-corrected chi connectivity index (χ4v) is 4.04. The largest absolute Gasteiger partial charge is 0.496 e. The van der Waals surface area contributed by atoms with Crippen LogP contribution in [0.2, 0.25) is 0 Å². The maximum Gasteiger partial charge on any atom is 0.133 e. The number of hydrogen-bond donors (Lipinski definition) is 0. The van der Waals surface area contributed by atoms with Gasteiger partial charge in [0.15, 0.2) is 0 Å². The van der Waals surface area contributed by atoms with E-state index < -0.39 is 0 Å². The molecule has 1 spiro atoms. The van der Waals surface area contributed by atoms with Crippen LogP contribution in [0.3, 0.4) is 0 Å². The van der Waals surface area contributed by atoms with Gasteiger partial charge in [0.1, 0.15) is 5.75 Å². The smallest absolute Gasteiger partial charge is 0.133 e. The third-order valence-corrected chi connectivity index (χ3v) is 5.12. The molecule has 2 nitrogen and oxygen atoms in total. The maximum absolute atomic E-state index is 5.55. The average Bonchev–Trinajstić information content (AvgIpc) is 2.39. The van der Waals surface area contributed by atoms with Gasteiger partial charge in [0, 0.05) is 18.6 Å². The minimum atomic E-state index is 0.347. The van der Waals surface area contributed by atoms with E-state index in [2.05, 4.69) is 28.1 Å². The van der Waals surface area contributed by atoms with Crippen molar-refractivity contribution in [3.8, 4) is 5.75 Å². The summed E-state index contributed by atoms with van der Waals surface area (Å²) in [5.74, 6) is 0.960. The van der Waals surface area contributed by atoms with Crippen molar-refractivity contribution in [1.82, 2.24) is 0 Å². The van der Waals surface area contributed by atoms with Gasteiger partial charge in [0.2, 0.25) is 0 Å². The van der Waals surface area contributed by atoms with Crippen LogP contribution in [-0.4, -0.2) is 20.3 Å². The molecule has 1 heterocycles. The van der Waals surface area contributed by atoms with Gasteiger partial charge < -0.3 is 9.47 Å². The van der Waals surface area contributed by atoms with Crippen LogP contribution in [0, 0.1) is 0 Å². The Hall–Kier alpha value is -0.540. The Balaban J connectivity index is 2.08. The van der Waals surface area contributed by atoms with Crippen LogP contribution >= 0.6 is 15.9 Å². The molecule has 0 unspecified atom stereocenters. The minimum absolute atomic E-state index is 0.347. The van der Waals surface area contributed by atoms with E-state index in [9.17, 15) is 0 Å². The molecule has 1 aliphatic carbocycles. The fraction of sp³-hybridized carbons (Fsp3) is 0.600. The topological polar surface area (TPSA) is 18.5 Å². The van der Waals surface area contributed by atoms with Gasteiger partial charge >= 0.3 is 0 Å². The summed E-state index contributed by atoms with van der Waals surface area (Å²) in [6.45, 7) is 1.80. The van der Waals surface area contributed by atoms with Crippen LogP contribution in [0.1, 0.15) is 36.8 Å². The molecule has 0 N–H and O–H groups in total. The van der Waals surface area contributed by atoms with Crippen LogP contribution < -0.4 is 4.74 Å². The van der Waals surface area contributed by atoms with E-state index in [1.165, 1.54) is 30.4 Å². The quantitative estimate of drug-likeness (QED) is 0.784. The lowest BCUT2D eigenvalue weighted by Gasteiger charge is -2.42. The second-order valence-corrected chi connectivity index (χ2v) is 6.24. The molecule has 1 aliphatic heterocycles. The summed E-state index contributed by atoms with van der Waals surface area (Å²) >= 11 is 3.60. The van der Waals surface area contributed by atoms with E-state index in [4.69, 9.17) is 9.47 Å². The highest BCUT2D eigenvalue weighted by atomic mass is 79.9. The monoisotopic (exact) mass is 310 g/mol. The van der Waals surface area contributed by atoms with Gasteiger partial charge in [-0.15, -0.1) is 0 Å². The van der Waals surface area contributed by atoms with Crippen LogP contribution in [0.25, 0.3) is 0 Å². The van der Waals surface area contributed by atoms with Crippen molar-refractivity contribution in [1.29, 1.82) is 0 Å². The molecule has 0 saturated carbocycles. The van der Waals surface area contributed by atoms with Crippen molar-refractivity contribution in [2.45, 2.75) is 37.5 Å². The molecule has 0 atom stereocenters.